The second kappa shape index (κ2) is 8.57. The first kappa shape index (κ1) is 19.4. The minimum absolute atomic E-state index is 0.0153. The highest BCUT2D eigenvalue weighted by Gasteiger charge is 2.23. The summed E-state index contributed by atoms with van der Waals surface area (Å²) in [5.74, 6) is 0.822. The van der Waals surface area contributed by atoms with Gasteiger partial charge in [-0.05, 0) is 43.9 Å². The average molecular weight is 438 g/mol. The fourth-order valence-electron chi connectivity index (χ4n) is 3.47. The fraction of sp³-hybridized carbons (Fsp3) is 0.526. The van der Waals surface area contributed by atoms with Gasteiger partial charge in [0.2, 0.25) is 5.91 Å². The van der Waals surface area contributed by atoms with E-state index >= 15 is 0 Å². The molecule has 0 saturated heterocycles. The maximum Gasteiger partial charge on any atom is 0.262 e. The molecule has 1 amide bonds. The molecule has 1 aliphatic rings. The average Bonchev–Trinajstić information content (AvgIpc) is 2.62. The highest BCUT2D eigenvalue weighted by atomic mass is 79.9. The second-order valence-corrected chi connectivity index (χ2v) is 8.69. The van der Waals surface area contributed by atoms with Crippen molar-refractivity contribution in [3.8, 4) is 0 Å². The summed E-state index contributed by atoms with van der Waals surface area (Å²) in [5.41, 5.74) is 0.592. The molecule has 7 heteroatoms. The van der Waals surface area contributed by atoms with Crippen LogP contribution in [0.1, 0.15) is 39.5 Å². The Morgan fingerprint density at radius 3 is 2.88 bits per heavy atom. The van der Waals surface area contributed by atoms with Crippen LogP contribution in [0.2, 0.25) is 0 Å². The molecule has 1 fully saturated rings. The first-order valence-electron chi connectivity index (χ1n) is 9.12. The topological polar surface area (TPSA) is 64.0 Å². The molecule has 2 atom stereocenters. The smallest absolute Gasteiger partial charge is 0.262 e. The van der Waals surface area contributed by atoms with Crippen LogP contribution in [0.15, 0.2) is 32.6 Å². The normalized spacial score (nSPS) is 20.3. The Labute approximate surface area is 166 Å². The number of nitrogens with one attached hydrogen (secondary N) is 1. The van der Waals surface area contributed by atoms with E-state index in [0.717, 1.165) is 10.9 Å². The zero-order chi connectivity index (χ0) is 18.7. The Morgan fingerprint density at radius 1 is 1.38 bits per heavy atom. The van der Waals surface area contributed by atoms with Gasteiger partial charge >= 0.3 is 0 Å². The maximum atomic E-state index is 12.7. The van der Waals surface area contributed by atoms with Gasteiger partial charge in [0, 0.05) is 17.1 Å². The molecule has 0 radical (unpaired) electrons. The molecule has 1 heterocycles. The molecule has 2 aromatic rings. The maximum absolute atomic E-state index is 12.7. The molecule has 1 aromatic heterocycles. The molecule has 0 bridgehead atoms. The Hall–Kier alpha value is -1.34. The molecular weight excluding hydrogens is 414 g/mol. The zero-order valence-electron chi connectivity index (χ0n) is 15.1. The Bertz CT molecular complexity index is 868. The molecule has 26 heavy (non-hydrogen) atoms. The molecule has 5 nitrogen and oxygen atoms in total. The van der Waals surface area contributed by atoms with Gasteiger partial charge in [-0.15, -0.1) is 0 Å². The van der Waals surface area contributed by atoms with Gasteiger partial charge in [-0.1, -0.05) is 47.5 Å². The molecule has 140 valence electrons. The molecular formula is C19H24BrN3O2S. The molecule has 1 aliphatic carbocycles. The molecule has 0 aliphatic heterocycles. The van der Waals surface area contributed by atoms with Crippen LogP contribution in [0, 0.1) is 5.92 Å². The summed E-state index contributed by atoms with van der Waals surface area (Å²) in [6, 6.07) is 5.76. The van der Waals surface area contributed by atoms with Crippen molar-refractivity contribution in [1.29, 1.82) is 0 Å². The summed E-state index contributed by atoms with van der Waals surface area (Å²) < 4.78 is 2.49. The number of thioether (sulfide) groups is 1. The largest absolute Gasteiger partial charge is 0.352 e. The third kappa shape index (κ3) is 4.31. The van der Waals surface area contributed by atoms with Gasteiger partial charge in [0.1, 0.15) is 0 Å². The summed E-state index contributed by atoms with van der Waals surface area (Å²) >= 11 is 4.73. The number of amides is 1. The standard InChI is InChI=1S/C19H24BrN3O2S/c1-3-23-18(25)14-10-13(20)8-9-16(14)22-19(23)26-11-17(24)21-15-7-5-4-6-12(15)2/h8-10,12,15H,3-7,11H2,1-2H3,(H,21,24). The molecule has 1 aromatic carbocycles. The van der Waals surface area contributed by atoms with E-state index in [1.54, 1.807) is 10.6 Å². The van der Waals surface area contributed by atoms with E-state index in [0.29, 0.717) is 28.5 Å². The Morgan fingerprint density at radius 2 is 2.15 bits per heavy atom. The van der Waals surface area contributed by atoms with Gasteiger partial charge in [-0.25, -0.2) is 4.98 Å². The lowest BCUT2D eigenvalue weighted by molar-refractivity contribution is -0.119. The number of nitrogens with zero attached hydrogens (tertiary/aromatic N) is 2. The second-order valence-electron chi connectivity index (χ2n) is 6.83. The van der Waals surface area contributed by atoms with Crippen LogP contribution < -0.4 is 10.9 Å². The van der Waals surface area contributed by atoms with Crippen LogP contribution in [-0.4, -0.2) is 27.3 Å². The predicted octanol–water partition coefficient (Wildman–Crippen LogP) is 3.97. The van der Waals surface area contributed by atoms with E-state index in [4.69, 9.17) is 0 Å². The summed E-state index contributed by atoms with van der Waals surface area (Å²) in [5, 5.41) is 4.34. The molecule has 1 N–H and O–H groups in total. The van der Waals surface area contributed by atoms with Gasteiger partial charge in [0.05, 0.1) is 16.7 Å². The lowest BCUT2D eigenvalue weighted by Crippen LogP contribution is -2.41. The van der Waals surface area contributed by atoms with Crippen LogP contribution >= 0.6 is 27.7 Å². The summed E-state index contributed by atoms with van der Waals surface area (Å²) in [6.07, 6.45) is 4.66. The van der Waals surface area contributed by atoms with E-state index < -0.39 is 0 Å². The van der Waals surface area contributed by atoms with Crippen molar-refractivity contribution in [3.05, 3.63) is 33.0 Å². The van der Waals surface area contributed by atoms with Crippen molar-refractivity contribution in [3.63, 3.8) is 0 Å². The van der Waals surface area contributed by atoms with Crippen LogP contribution in [-0.2, 0) is 11.3 Å². The SMILES string of the molecule is CCn1c(SCC(=O)NC2CCCCC2C)nc2ccc(Br)cc2c1=O. The predicted molar refractivity (Wildman–Crippen MR) is 110 cm³/mol. The number of aromatic nitrogens is 2. The zero-order valence-corrected chi connectivity index (χ0v) is 17.5. The summed E-state index contributed by atoms with van der Waals surface area (Å²) in [7, 11) is 0. The number of rotatable bonds is 5. The van der Waals surface area contributed by atoms with E-state index in [1.165, 1.54) is 31.0 Å². The van der Waals surface area contributed by atoms with Crippen molar-refractivity contribution >= 4 is 44.5 Å². The van der Waals surface area contributed by atoms with Gasteiger partial charge in [-0.2, -0.15) is 0 Å². The van der Waals surface area contributed by atoms with Crippen LogP contribution in [0.4, 0.5) is 0 Å². The Balaban J connectivity index is 1.75. The van der Waals surface area contributed by atoms with Crippen LogP contribution in [0.5, 0.6) is 0 Å². The van der Waals surface area contributed by atoms with E-state index in [1.807, 2.05) is 19.1 Å². The van der Waals surface area contributed by atoms with Crippen molar-refractivity contribution in [2.24, 2.45) is 5.92 Å². The van der Waals surface area contributed by atoms with E-state index in [9.17, 15) is 9.59 Å². The third-order valence-electron chi connectivity index (χ3n) is 4.99. The monoisotopic (exact) mass is 437 g/mol. The molecule has 1 saturated carbocycles. The van der Waals surface area contributed by atoms with Crippen LogP contribution in [0.25, 0.3) is 10.9 Å². The highest BCUT2D eigenvalue weighted by Crippen LogP contribution is 2.24. The van der Waals surface area contributed by atoms with E-state index in [-0.39, 0.29) is 23.3 Å². The van der Waals surface area contributed by atoms with Crippen molar-refractivity contribution in [2.45, 2.75) is 57.3 Å². The number of carbonyl (C=O) groups is 1. The number of benzene rings is 1. The first-order valence-corrected chi connectivity index (χ1v) is 10.9. The van der Waals surface area contributed by atoms with Gasteiger partial charge in [0.15, 0.2) is 5.16 Å². The first-order chi connectivity index (χ1) is 12.5. The summed E-state index contributed by atoms with van der Waals surface area (Å²) in [4.78, 5) is 29.7. The Kier molecular flexibility index (Phi) is 6.40. The third-order valence-corrected chi connectivity index (χ3v) is 6.46. The fourth-order valence-corrected chi connectivity index (χ4v) is 4.71. The molecule has 2 unspecified atom stereocenters. The molecule has 0 spiro atoms. The quantitative estimate of drug-likeness (QED) is 0.567. The summed E-state index contributed by atoms with van der Waals surface area (Å²) in [6.45, 7) is 4.65. The van der Waals surface area contributed by atoms with Crippen LogP contribution in [0.3, 0.4) is 0 Å². The van der Waals surface area contributed by atoms with Crippen molar-refractivity contribution < 1.29 is 4.79 Å². The van der Waals surface area contributed by atoms with Gasteiger partial charge < -0.3 is 5.32 Å². The highest BCUT2D eigenvalue weighted by molar-refractivity contribution is 9.10. The lowest BCUT2D eigenvalue weighted by atomic mass is 9.86. The van der Waals surface area contributed by atoms with Gasteiger partial charge in [0.25, 0.3) is 5.56 Å². The lowest BCUT2D eigenvalue weighted by Gasteiger charge is -2.29. The van der Waals surface area contributed by atoms with Gasteiger partial charge in [-0.3, -0.25) is 14.2 Å². The number of fused-ring (bicyclic) bond motifs is 1. The van der Waals surface area contributed by atoms with Crippen molar-refractivity contribution in [1.82, 2.24) is 14.9 Å². The minimum atomic E-state index is -0.0670. The number of halogens is 1. The minimum Gasteiger partial charge on any atom is -0.352 e. The number of carbonyl (C=O) groups excluding carboxylic acids is 1. The van der Waals surface area contributed by atoms with E-state index in [2.05, 4.69) is 33.2 Å². The number of hydrogen-bond donors (Lipinski definition) is 1. The van der Waals surface area contributed by atoms with Crippen molar-refractivity contribution in [2.75, 3.05) is 5.75 Å². The number of hydrogen-bond acceptors (Lipinski definition) is 4. The molecule has 3 rings (SSSR count).